The molecule has 0 bridgehead atoms. The van der Waals surface area contributed by atoms with Crippen molar-refractivity contribution in [1.82, 2.24) is 20.7 Å². The van der Waals surface area contributed by atoms with Crippen LogP contribution in [0.3, 0.4) is 0 Å². The third kappa shape index (κ3) is 7.00. The zero-order valence-electron chi connectivity index (χ0n) is 23.6. The summed E-state index contributed by atoms with van der Waals surface area (Å²) in [4.78, 5) is 77.0. The molecule has 0 aromatic heterocycles. The minimum absolute atomic E-state index is 0.00613. The first-order valence-corrected chi connectivity index (χ1v) is 14.2. The molecule has 5 amide bonds. The van der Waals surface area contributed by atoms with Crippen molar-refractivity contribution in [2.75, 3.05) is 11.9 Å². The van der Waals surface area contributed by atoms with Crippen molar-refractivity contribution in [1.29, 1.82) is 0 Å². The van der Waals surface area contributed by atoms with Crippen LogP contribution in [0.25, 0.3) is 0 Å². The number of amides is 5. The van der Waals surface area contributed by atoms with E-state index in [4.69, 9.17) is 9.47 Å². The molecule has 5 rings (SSSR count). The Morgan fingerprint density at radius 3 is 2.56 bits per heavy atom. The zero-order chi connectivity index (χ0) is 30.5. The zero-order valence-corrected chi connectivity index (χ0v) is 23.6. The quantitative estimate of drug-likeness (QED) is 0.386. The van der Waals surface area contributed by atoms with Gasteiger partial charge in [0.05, 0.1) is 13.0 Å². The van der Waals surface area contributed by atoms with E-state index in [-0.39, 0.29) is 56.2 Å². The van der Waals surface area contributed by atoms with Crippen molar-refractivity contribution >= 4 is 41.2 Å². The molecule has 2 aromatic carbocycles. The second kappa shape index (κ2) is 13.0. The van der Waals surface area contributed by atoms with Crippen molar-refractivity contribution in [3.8, 4) is 0 Å². The number of anilines is 1. The maximum atomic E-state index is 13.8. The van der Waals surface area contributed by atoms with Gasteiger partial charge in [-0.1, -0.05) is 36.4 Å². The molecule has 4 atom stereocenters. The summed E-state index contributed by atoms with van der Waals surface area (Å²) < 4.78 is 11.1. The van der Waals surface area contributed by atoms with Gasteiger partial charge in [-0.25, -0.2) is 5.01 Å². The van der Waals surface area contributed by atoms with Gasteiger partial charge in [-0.3, -0.25) is 33.8 Å². The average Bonchev–Trinajstić information content (AvgIpc) is 3.29. The van der Waals surface area contributed by atoms with Crippen molar-refractivity contribution in [2.24, 2.45) is 0 Å². The number of esters is 1. The number of nitrogens with one attached hydrogen (secondary N) is 3. The van der Waals surface area contributed by atoms with Gasteiger partial charge in [0.15, 0.2) is 0 Å². The molecule has 3 aliphatic heterocycles. The van der Waals surface area contributed by atoms with E-state index >= 15 is 0 Å². The highest BCUT2D eigenvalue weighted by Crippen LogP contribution is 2.26. The lowest BCUT2D eigenvalue weighted by molar-refractivity contribution is -0.177. The predicted molar refractivity (Wildman–Crippen MR) is 150 cm³/mol. The van der Waals surface area contributed by atoms with Crippen LogP contribution >= 0.6 is 0 Å². The van der Waals surface area contributed by atoms with Crippen molar-refractivity contribution in [3.05, 3.63) is 65.7 Å². The van der Waals surface area contributed by atoms with Gasteiger partial charge in [0.1, 0.15) is 18.1 Å². The molecule has 3 saturated heterocycles. The van der Waals surface area contributed by atoms with E-state index in [2.05, 4.69) is 16.0 Å². The number of carbonyl (C=O) groups is 6. The van der Waals surface area contributed by atoms with Gasteiger partial charge in [-0.05, 0) is 43.0 Å². The van der Waals surface area contributed by atoms with Gasteiger partial charge in [0.25, 0.3) is 11.8 Å². The molecular formula is C30H33N5O8. The molecule has 3 fully saturated rings. The van der Waals surface area contributed by atoms with Crippen molar-refractivity contribution in [2.45, 2.75) is 70.1 Å². The first-order chi connectivity index (χ1) is 20.7. The Labute approximate surface area is 247 Å². The van der Waals surface area contributed by atoms with Crippen LogP contribution in [0.15, 0.2) is 54.6 Å². The Morgan fingerprint density at radius 1 is 1.00 bits per heavy atom. The van der Waals surface area contributed by atoms with Crippen LogP contribution in [0.5, 0.6) is 0 Å². The number of ether oxygens (including phenoxy) is 2. The summed E-state index contributed by atoms with van der Waals surface area (Å²) in [5, 5.41) is 10.5. The molecule has 3 aliphatic rings. The lowest BCUT2D eigenvalue weighted by atomic mass is 10.0. The van der Waals surface area contributed by atoms with Crippen LogP contribution in [-0.2, 0) is 40.1 Å². The number of benzene rings is 2. The first-order valence-electron chi connectivity index (χ1n) is 14.2. The predicted octanol–water partition coefficient (Wildman–Crippen LogP) is 1.25. The SMILES string of the molecule is CC(=O)Nc1cccc(C(=O)NC2CCC(=O)N3CCC[C@@H](C(=O)N[C@H]4CC(=O)OC4OCc4ccccc4)N3C2=O)c1. The molecule has 0 saturated carbocycles. The maximum absolute atomic E-state index is 13.8. The van der Waals surface area contributed by atoms with E-state index in [0.29, 0.717) is 12.1 Å². The Morgan fingerprint density at radius 2 is 1.79 bits per heavy atom. The van der Waals surface area contributed by atoms with E-state index in [1.807, 2.05) is 30.3 Å². The minimum atomic E-state index is -1.07. The average molecular weight is 592 g/mol. The Kier molecular flexibility index (Phi) is 9.00. The molecule has 3 heterocycles. The maximum Gasteiger partial charge on any atom is 0.310 e. The molecule has 13 nitrogen and oxygen atoms in total. The molecule has 43 heavy (non-hydrogen) atoms. The van der Waals surface area contributed by atoms with Gasteiger partial charge in [0.2, 0.25) is 24.0 Å². The summed E-state index contributed by atoms with van der Waals surface area (Å²) in [5.41, 5.74) is 1.50. The topological polar surface area (TPSA) is 163 Å². The highest BCUT2D eigenvalue weighted by Gasteiger charge is 2.46. The summed E-state index contributed by atoms with van der Waals surface area (Å²) in [6.45, 7) is 1.76. The molecule has 0 spiro atoms. The summed E-state index contributed by atoms with van der Waals surface area (Å²) in [5.74, 6) is -2.87. The standard InChI is InChI=1S/C30H33N5O8/c1-18(36)31-21-10-5-9-20(15-21)27(39)32-22-12-13-25(37)34-14-6-11-24(35(34)29(22)41)28(40)33-23-16-26(38)43-30(23)42-17-19-7-3-2-4-8-19/h2-5,7-10,15,22-24,30H,6,11-14,16-17H2,1H3,(H,31,36)(H,32,39)(H,33,40)/t22?,23-,24-,30?/m0/s1. The van der Waals surface area contributed by atoms with E-state index in [9.17, 15) is 28.8 Å². The largest absolute Gasteiger partial charge is 0.433 e. The van der Waals surface area contributed by atoms with Crippen LogP contribution in [0.1, 0.15) is 54.9 Å². The fraction of sp³-hybridized carbons (Fsp3) is 0.400. The molecule has 3 N–H and O–H groups in total. The molecule has 226 valence electrons. The number of rotatable bonds is 8. The summed E-state index contributed by atoms with van der Waals surface area (Å²) in [7, 11) is 0. The highest BCUT2D eigenvalue weighted by atomic mass is 16.7. The molecule has 0 radical (unpaired) electrons. The van der Waals surface area contributed by atoms with Gasteiger partial charge < -0.3 is 25.4 Å². The van der Waals surface area contributed by atoms with Gasteiger partial charge in [-0.2, -0.15) is 0 Å². The lowest BCUT2D eigenvalue weighted by Gasteiger charge is -2.43. The Hall–Kier alpha value is -4.78. The molecular weight excluding hydrogens is 558 g/mol. The first kappa shape index (κ1) is 29.7. The van der Waals surface area contributed by atoms with Gasteiger partial charge in [0, 0.05) is 31.1 Å². The van der Waals surface area contributed by atoms with E-state index in [1.165, 1.54) is 24.1 Å². The van der Waals surface area contributed by atoms with Gasteiger partial charge in [-0.15, -0.1) is 0 Å². The number of hydrazine groups is 1. The third-order valence-electron chi connectivity index (χ3n) is 7.46. The molecule has 0 aliphatic carbocycles. The fourth-order valence-corrected chi connectivity index (χ4v) is 5.43. The summed E-state index contributed by atoms with van der Waals surface area (Å²) in [6, 6.07) is 12.6. The summed E-state index contributed by atoms with van der Waals surface area (Å²) >= 11 is 0. The molecule has 2 unspecified atom stereocenters. The second-order valence-corrected chi connectivity index (χ2v) is 10.7. The lowest BCUT2D eigenvalue weighted by Crippen LogP contribution is -2.64. The van der Waals surface area contributed by atoms with Crippen LogP contribution in [0.4, 0.5) is 5.69 Å². The number of fused-ring (bicyclic) bond motifs is 1. The van der Waals surface area contributed by atoms with Crippen LogP contribution in [0, 0.1) is 0 Å². The molecule has 13 heteroatoms. The third-order valence-corrected chi connectivity index (χ3v) is 7.46. The second-order valence-electron chi connectivity index (χ2n) is 10.7. The van der Waals surface area contributed by atoms with E-state index in [1.54, 1.807) is 12.1 Å². The fourth-order valence-electron chi connectivity index (χ4n) is 5.43. The van der Waals surface area contributed by atoms with Crippen molar-refractivity contribution in [3.63, 3.8) is 0 Å². The molecule has 2 aromatic rings. The number of cyclic esters (lactones) is 1. The van der Waals surface area contributed by atoms with Gasteiger partial charge >= 0.3 is 5.97 Å². The smallest absolute Gasteiger partial charge is 0.310 e. The van der Waals surface area contributed by atoms with E-state index in [0.717, 1.165) is 10.6 Å². The minimum Gasteiger partial charge on any atom is -0.433 e. The normalized spacial score (nSPS) is 23.6. The monoisotopic (exact) mass is 591 g/mol. The number of hydrogen-bond acceptors (Lipinski definition) is 8. The number of hydrogen-bond donors (Lipinski definition) is 3. The number of carbonyl (C=O) groups excluding carboxylic acids is 6. The van der Waals surface area contributed by atoms with Crippen LogP contribution in [-0.4, -0.2) is 76.5 Å². The van der Waals surface area contributed by atoms with Crippen molar-refractivity contribution < 1.29 is 38.2 Å². The van der Waals surface area contributed by atoms with E-state index < -0.39 is 48.1 Å². The summed E-state index contributed by atoms with van der Waals surface area (Å²) in [6.07, 6.45) is -0.320. The number of nitrogens with zero attached hydrogens (tertiary/aromatic N) is 2. The Balaban J connectivity index is 1.29. The van der Waals surface area contributed by atoms with Crippen LogP contribution < -0.4 is 16.0 Å². The van der Waals surface area contributed by atoms with Crippen LogP contribution in [0.2, 0.25) is 0 Å². The highest BCUT2D eigenvalue weighted by molar-refractivity contribution is 6.01. The Bertz CT molecular complexity index is 1420.